The van der Waals surface area contributed by atoms with Gasteiger partial charge < -0.3 is 30.6 Å². The van der Waals surface area contributed by atoms with Gasteiger partial charge in [0.1, 0.15) is 34.5 Å². The van der Waals surface area contributed by atoms with Crippen LogP contribution in [0.5, 0.6) is 34.5 Å². The zero-order valence-corrected chi connectivity index (χ0v) is 36.3. The third-order valence-corrected chi connectivity index (χ3v) is 12.4. The maximum Gasteiger partial charge on any atom is 0.122 e. The second kappa shape index (κ2) is 17.1. The maximum absolute atomic E-state index is 12.0. The number of aryl methyl sites for hydroxylation is 10. The molecule has 59 heavy (non-hydrogen) atoms. The van der Waals surface area contributed by atoms with E-state index < -0.39 is 11.8 Å². The summed E-state index contributed by atoms with van der Waals surface area (Å²) in [6.07, 6.45) is 3.07. The Kier molecular flexibility index (Phi) is 12.4. The van der Waals surface area contributed by atoms with Gasteiger partial charge >= 0.3 is 0 Å². The summed E-state index contributed by atoms with van der Waals surface area (Å²) in [6, 6.07) is 23.6. The molecular weight excluding hydrogens is 733 g/mol. The van der Waals surface area contributed by atoms with E-state index in [0.717, 1.165) is 100 Å². The summed E-state index contributed by atoms with van der Waals surface area (Å²) in [5.74, 6) is 0.579. The second-order valence-electron chi connectivity index (χ2n) is 16.5. The van der Waals surface area contributed by atoms with Crippen molar-refractivity contribution in [2.24, 2.45) is 0 Å². The average molecular weight is 793 g/mol. The van der Waals surface area contributed by atoms with E-state index in [2.05, 4.69) is 36.4 Å². The first kappa shape index (κ1) is 42.7. The fourth-order valence-electron chi connectivity index (χ4n) is 9.06. The van der Waals surface area contributed by atoms with Gasteiger partial charge in [-0.25, -0.2) is 0 Å². The van der Waals surface area contributed by atoms with Crippen molar-refractivity contribution in [3.63, 3.8) is 0 Å². The number of hydrogen-bond acceptors (Lipinski definition) is 6. The average Bonchev–Trinajstić information content (AvgIpc) is 3.18. The molecule has 308 valence electrons. The highest BCUT2D eigenvalue weighted by Crippen LogP contribution is 2.46. The largest absolute Gasteiger partial charge is 0.508 e. The number of benzene rings is 6. The molecule has 0 unspecified atom stereocenters. The Morgan fingerprint density at radius 3 is 0.814 bits per heavy atom. The van der Waals surface area contributed by atoms with Gasteiger partial charge in [-0.05, 0) is 187 Å². The number of phenols is 6. The standard InChI is InChI=1S/C53H60O6/c1-11-36-24-40(28(5)17-46(36)54)50(41-25-37(12-2)47(55)18-29(41)6)44-22-34(15-32(9)52(44)58)21-35-16-33(10)53(59)45(23-35)51(42-26-38(13-3)48(56)19-30(42)7)43-27-39(14-4)49(57)20-31(43)8/h15-20,22-27,50-51,54-59H,11-14,21H2,1-10H3. The summed E-state index contributed by atoms with van der Waals surface area (Å²) in [7, 11) is 0. The number of rotatable bonds is 12. The second-order valence-corrected chi connectivity index (χ2v) is 16.5. The van der Waals surface area contributed by atoms with Crippen molar-refractivity contribution in [2.45, 2.75) is 113 Å². The predicted octanol–water partition coefficient (Wildman–Crippen LogP) is 12.0. The number of aromatic hydroxyl groups is 6. The molecule has 0 atom stereocenters. The lowest BCUT2D eigenvalue weighted by atomic mass is 9.77. The minimum Gasteiger partial charge on any atom is -0.508 e. The molecule has 0 spiro atoms. The van der Waals surface area contributed by atoms with Gasteiger partial charge in [-0.15, -0.1) is 0 Å². The van der Waals surface area contributed by atoms with Crippen LogP contribution in [0.25, 0.3) is 0 Å². The Hall–Kier alpha value is -5.88. The van der Waals surface area contributed by atoms with Crippen molar-refractivity contribution in [2.75, 3.05) is 0 Å². The predicted molar refractivity (Wildman–Crippen MR) is 239 cm³/mol. The molecule has 0 bridgehead atoms. The van der Waals surface area contributed by atoms with E-state index in [1.165, 1.54) is 0 Å². The fourth-order valence-corrected chi connectivity index (χ4v) is 9.06. The monoisotopic (exact) mass is 792 g/mol. The lowest BCUT2D eigenvalue weighted by Gasteiger charge is -2.27. The van der Waals surface area contributed by atoms with Crippen molar-refractivity contribution >= 4 is 0 Å². The third kappa shape index (κ3) is 8.23. The summed E-state index contributed by atoms with van der Waals surface area (Å²) in [5, 5.41) is 67.4. The third-order valence-electron chi connectivity index (χ3n) is 12.4. The smallest absolute Gasteiger partial charge is 0.122 e. The SMILES string of the molecule is CCc1cc(C(c2cc(CC)c(O)cc2C)c2cc(Cc3cc(C)c(O)c(C(c4cc(CC)c(O)cc4C)c4cc(CC)c(O)cc4C)c3)cc(C)c2O)c(C)cc1O. The molecular formula is C53H60O6. The maximum atomic E-state index is 12.0. The molecule has 0 aliphatic carbocycles. The van der Waals surface area contributed by atoms with Crippen LogP contribution in [0.3, 0.4) is 0 Å². The summed E-state index contributed by atoms with van der Waals surface area (Å²) in [5.41, 5.74) is 15.7. The van der Waals surface area contributed by atoms with Gasteiger partial charge in [-0.2, -0.15) is 0 Å². The first-order valence-electron chi connectivity index (χ1n) is 21.0. The number of phenolic OH excluding ortho intramolecular Hbond substituents is 6. The summed E-state index contributed by atoms with van der Waals surface area (Å²) in [4.78, 5) is 0. The Bertz CT molecular complexity index is 2270. The summed E-state index contributed by atoms with van der Waals surface area (Å²) < 4.78 is 0. The highest BCUT2D eigenvalue weighted by molar-refractivity contribution is 5.62. The first-order valence-corrected chi connectivity index (χ1v) is 21.0. The van der Waals surface area contributed by atoms with Gasteiger partial charge in [-0.3, -0.25) is 0 Å². The molecule has 6 nitrogen and oxygen atoms in total. The molecule has 0 amide bonds. The minimum atomic E-state index is -0.401. The van der Waals surface area contributed by atoms with Crippen LogP contribution < -0.4 is 0 Å². The first-order chi connectivity index (χ1) is 28.0. The van der Waals surface area contributed by atoms with E-state index in [1.807, 2.05) is 81.4 Å². The Morgan fingerprint density at radius 1 is 0.322 bits per heavy atom. The van der Waals surface area contributed by atoms with Crippen molar-refractivity contribution < 1.29 is 30.6 Å². The van der Waals surface area contributed by atoms with E-state index in [0.29, 0.717) is 32.1 Å². The van der Waals surface area contributed by atoms with Crippen LogP contribution >= 0.6 is 0 Å². The molecule has 0 saturated carbocycles. The Balaban J connectivity index is 1.57. The molecule has 6 rings (SSSR count). The molecule has 6 N–H and O–H groups in total. The van der Waals surface area contributed by atoms with Crippen LogP contribution in [0, 0.1) is 41.5 Å². The topological polar surface area (TPSA) is 121 Å². The fraction of sp³-hybridized carbons (Fsp3) is 0.321. The van der Waals surface area contributed by atoms with E-state index in [1.54, 1.807) is 24.3 Å². The van der Waals surface area contributed by atoms with Gasteiger partial charge in [0.25, 0.3) is 0 Å². The highest BCUT2D eigenvalue weighted by atomic mass is 16.3. The van der Waals surface area contributed by atoms with E-state index in [-0.39, 0.29) is 34.5 Å². The quantitative estimate of drug-likeness (QED) is 0.0686. The van der Waals surface area contributed by atoms with Crippen LogP contribution in [0.4, 0.5) is 0 Å². The summed E-state index contributed by atoms with van der Waals surface area (Å²) in [6.45, 7) is 19.9. The summed E-state index contributed by atoms with van der Waals surface area (Å²) >= 11 is 0. The lowest BCUT2D eigenvalue weighted by Crippen LogP contribution is -2.11. The molecule has 6 heteroatoms. The van der Waals surface area contributed by atoms with Crippen LogP contribution in [-0.4, -0.2) is 30.6 Å². The Labute approximate surface area is 350 Å². The molecule has 0 fully saturated rings. The van der Waals surface area contributed by atoms with Gasteiger partial charge in [0.05, 0.1) is 0 Å². The normalized spacial score (nSPS) is 11.6. The van der Waals surface area contributed by atoms with Crippen molar-refractivity contribution in [3.05, 3.63) is 173 Å². The molecule has 0 aromatic heterocycles. The molecule has 0 aliphatic rings. The van der Waals surface area contributed by atoms with Crippen molar-refractivity contribution in [3.8, 4) is 34.5 Å². The molecule has 0 aliphatic heterocycles. The van der Waals surface area contributed by atoms with Gasteiger partial charge in [-0.1, -0.05) is 76.2 Å². The van der Waals surface area contributed by atoms with Crippen LogP contribution in [0.1, 0.15) is 140 Å². The molecule has 0 radical (unpaired) electrons. The van der Waals surface area contributed by atoms with E-state index in [9.17, 15) is 30.6 Å². The minimum absolute atomic E-state index is 0.196. The van der Waals surface area contributed by atoms with Crippen molar-refractivity contribution in [1.82, 2.24) is 0 Å². The van der Waals surface area contributed by atoms with Gasteiger partial charge in [0.2, 0.25) is 0 Å². The number of hydrogen-bond donors (Lipinski definition) is 6. The van der Waals surface area contributed by atoms with Crippen molar-refractivity contribution in [1.29, 1.82) is 0 Å². The van der Waals surface area contributed by atoms with Crippen LogP contribution in [-0.2, 0) is 32.1 Å². The molecule has 0 saturated heterocycles. The zero-order chi connectivity index (χ0) is 43.0. The zero-order valence-electron chi connectivity index (χ0n) is 36.3. The molecule has 6 aromatic carbocycles. The van der Waals surface area contributed by atoms with Crippen LogP contribution in [0.2, 0.25) is 0 Å². The van der Waals surface area contributed by atoms with E-state index in [4.69, 9.17) is 0 Å². The van der Waals surface area contributed by atoms with Crippen LogP contribution in [0.15, 0.2) is 72.8 Å². The highest BCUT2D eigenvalue weighted by Gasteiger charge is 2.29. The molecule has 0 heterocycles. The molecule has 6 aromatic rings. The van der Waals surface area contributed by atoms with Gasteiger partial charge in [0.15, 0.2) is 0 Å². The Morgan fingerprint density at radius 2 is 0.576 bits per heavy atom. The van der Waals surface area contributed by atoms with E-state index >= 15 is 0 Å². The van der Waals surface area contributed by atoms with Gasteiger partial charge in [0, 0.05) is 23.0 Å². The lowest BCUT2D eigenvalue weighted by molar-refractivity contribution is 0.461.